The molecule has 2 unspecified atom stereocenters. The van der Waals surface area contributed by atoms with Gasteiger partial charge in [-0.3, -0.25) is 0 Å². The first kappa shape index (κ1) is 19.5. The molecular weight excluding hydrogens is 407 g/mol. The van der Waals surface area contributed by atoms with Gasteiger partial charge in [0.15, 0.2) is 0 Å². The summed E-state index contributed by atoms with van der Waals surface area (Å²) in [7, 11) is -2.43. The molecular formula is C30H25OP. The lowest BCUT2D eigenvalue weighted by Crippen LogP contribution is -2.30. The Hall–Kier alpha value is -3.15. The molecule has 4 aliphatic carbocycles. The monoisotopic (exact) mass is 432 g/mol. The molecule has 0 aromatic heterocycles. The third-order valence-corrected chi connectivity index (χ3v) is 8.44. The highest BCUT2D eigenvalue weighted by Crippen LogP contribution is 2.53. The molecule has 2 aromatic rings. The summed E-state index contributed by atoms with van der Waals surface area (Å²) in [6.45, 7) is 3.73. The second kappa shape index (κ2) is 7.19. The van der Waals surface area contributed by atoms with E-state index >= 15 is 0 Å². The zero-order chi connectivity index (χ0) is 21.9. The Balaban J connectivity index is 1.59. The molecule has 0 bridgehead atoms. The first-order chi connectivity index (χ1) is 15.5. The van der Waals surface area contributed by atoms with Gasteiger partial charge in [0.1, 0.15) is 7.14 Å². The number of rotatable bonds is 3. The SMILES string of the molecule is CP(C)(=O)c1cc(C2=CC3=CC=CC4=CC=C5C=CC=C2C5C43)cc(-c2ccccc2)c1. The van der Waals surface area contributed by atoms with Crippen molar-refractivity contribution >= 4 is 18.0 Å². The van der Waals surface area contributed by atoms with Gasteiger partial charge in [-0.1, -0.05) is 85.0 Å². The van der Waals surface area contributed by atoms with E-state index in [-0.39, 0.29) is 0 Å². The molecule has 1 nitrogen and oxygen atoms in total. The Bertz CT molecular complexity index is 1400. The van der Waals surface area contributed by atoms with Crippen LogP contribution >= 0.6 is 7.14 Å². The molecule has 0 fully saturated rings. The van der Waals surface area contributed by atoms with Crippen LogP contribution < -0.4 is 5.30 Å². The van der Waals surface area contributed by atoms with Crippen molar-refractivity contribution in [1.29, 1.82) is 0 Å². The molecule has 2 atom stereocenters. The van der Waals surface area contributed by atoms with Crippen LogP contribution in [0.25, 0.3) is 16.7 Å². The fourth-order valence-corrected chi connectivity index (χ4v) is 6.26. The van der Waals surface area contributed by atoms with Gasteiger partial charge in [-0.05, 0) is 76.1 Å². The van der Waals surface area contributed by atoms with E-state index in [9.17, 15) is 4.57 Å². The quantitative estimate of drug-likeness (QED) is 0.473. The molecule has 6 rings (SSSR count). The minimum Gasteiger partial charge on any atom is -0.319 e. The average molecular weight is 433 g/mol. The zero-order valence-corrected chi connectivity index (χ0v) is 19.2. The van der Waals surface area contributed by atoms with Crippen LogP contribution in [0.3, 0.4) is 0 Å². The molecule has 0 aliphatic heterocycles. The minimum atomic E-state index is -2.43. The summed E-state index contributed by atoms with van der Waals surface area (Å²) in [5.74, 6) is 0.732. The molecule has 0 saturated heterocycles. The van der Waals surface area contributed by atoms with Gasteiger partial charge in [0, 0.05) is 17.1 Å². The van der Waals surface area contributed by atoms with Gasteiger partial charge < -0.3 is 4.57 Å². The van der Waals surface area contributed by atoms with E-state index in [0.29, 0.717) is 11.8 Å². The molecule has 0 saturated carbocycles. The molecule has 0 amide bonds. The molecule has 2 heteroatoms. The summed E-state index contributed by atoms with van der Waals surface area (Å²) < 4.78 is 13.2. The molecule has 0 N–H and O–H groups in total. The first-order valence-electron chi connectivity index (χ1n) is 11.2. The Morgan fingerprint density at radius 3 is 2.12 bits per heavy atom. The van der Waals surface area contributed by atoms with Crippen LogP contribution in [0.1, 0.15) is 5.56 Å². The largest absolute Gasteiger partial charge is 0.319 e. The Kier molecular flexibility index (Phi) is 4.39. The lowest BCUT2D eigenvalue weighted by atomic mass is 9.62. The number of hydrogen-bond acceptors (Lipinski definition) is 1. The fraction of sp³-hybridized carbons (Fsp3) is 0.133. The lowest BCUT2D eigenvalue weighted by molar-refractivity contribution is 0.568. The maximum Gasteiger partial charge on any atom is 0.109 e. The van der Waals surface area contributed by atoms with Crippen molar-refractivity contribution in [3.63, 3.8) is 0 Å². The van der Waals surface area contributed by atoms with E-state index in [0.717, 1.165) is 22.0 Å². The van der Waals surface area contributed by atoms with Crippen LogP contribution in [0.2, 0.25) is 0 Å². The third-order valence-electron chi connectivity index (χ3n) is 6.94. The third kappa shape index (κ3) is 3.12. The Morgan fingerprint density at radius 1 is 0.688 bits per heavy atom. The van der Waals surface area contributed by atoms with Gasteiger partial charge in [0.25, 0.3) is 0 Å². The second-order valence-electron chi connectivity index (χ2n) is 9.34. The highest BCUT2D eigenvalue weighted by Gasteiger charge is 2.39. The summed E-state index contributed by atoms with van der Waals surface area (Å²) in [5.41, 5.74) is 10.2. The van der Waals surface area contributed by atoms with E-state index < -0.39 is 7.14 Å². The van der Waals surface area contributed by atoms with Gasteiger partial charge in [-0.15, -0.1) is 0 Å². The predicted octanol–water partition coefficient (Wildman–Crippen LogP) is 7.09. The van der Waals surface area contributed by atoms with Crippen molar-refractivity contribution in [2.24, 2.45) is 11.8 Å². The maximum absolute atomic E-state index is 13.2. The standard InChI is InChI=1S/C30H25OP/c1-32(2,31)26-17-24(20-8-4-3-5-9-20)16-25(18-26)28-19-23-12-6-10-21-14-15-22-11-7-13-27(28)30(22)29(21)23/h3-19,29-30H,1-2H3. The highest BCUT2D eigenvalue weighted by atomic mass is 31.2. The molecule has 4 aliphatic rings. The zero-order valence-electron chi connectivity index (χ0n) is 18.3. The normalized spacial score (nSPS) is 22.9. The molecule has 32 heavy (non-hydrogen) atoms. The summed E-state index contributed by atoms with van der Waals surface area (Å²) in [4.78, 5) is 0. The van der Waals surface area contributed by atoms with E-state index in [4.69, 9.17) is 0 Å². The van der Waals surface area contributed by atoms with Gasteiger partial charge in [0.05, 0.1) is 0 Å². The van der Waals surface area contributed by atoms with Crippen LogP contribution in [0.5, 0.6) is 0 Å². The highest BCUT2D eigenvalue weighted by molar-refractivity contribution is 7.70. The van der Waals surface area contributed by atoms with E-state index in [1.54, 1.807) is 0 Å². The van der Waals surface area contributed by atoms with Crippen LogP contribution in [0.4, 0.5) is 0 Å². The Morgan fingerprint density at radius 2 is 1.38 bits per heavy atom. The lowest BCUT2D eigenvalue weighted by Gasteiger charge is -2.41. The smallest absolute Gasteiger partial charge is 0.109 e. The van der Waals surface area contributed by atoms with E-state index in [1.165, 1.54) is 27.9 Å². The predicted molar refractivity (Wildman–Crippen MR) is 137 cm³/mol. The van der Waals surface area contributed by atoms with E-state index in [2.05, 4.69) is 97.1 Å². The average Bonchev–Trinajstić information content (AvgIpc) is 2.82. The maximum atomic E-state index is 13.2. The van der Waals surface area contributed by atoms with Gasteiger partial charge in [-0.25, -0.2) is 0 Å². The van der Waals surface area contributed by atoms with Crippen molar-refractivity contribution in [2.75, 3.05) is 13.3 Å². The van der Waals surface area contributed by atoms with Crippen LogP contribution in [-0.4, -0.2) is 13.3 Å². The number of benzene rings is 2. The van der Waals surface area contributed by atoms with Gasteiger partial charge in [0.2, 0.25) is 0 Å². The van der Waals surface area contributed by atoms with Crippen LogP contribution in [0.15, 0.2) is 126 Å². The topological polar surface area (TPSA) is 17.1 Å². The fourth-order valence-electron chi connectivity index (χ4n) is 5.36. The summed E-state index contributed by atoms with van der Waals surface area (Å²) in [5, 5.41) is 0.932. The molecule has 0 spiro atoms. The van der Waals surface area contributed by atoms with Crippen molar-refractivity contribution < 1.29 is 4.57 Å². The molecule has 0 heterocycles. The summed E-state index contributed by atoms with van der Waals surface area (Å²) in [6.07, 6.45) is 20.3. The van der Waals surface area contributed by atoms with Gasteiger partial charge >= 0.3 is 0 Å². The summed E-state index contributed by atoms with van der Waals surface area (Å²) >= 11 is 0. The first-order valence-corrected chi connectivity index (χ1v) is 13.8. The van der Waals surface area contributed by atoms with Crippen molar-refractivity contribution in [2.45, 2.75) is 0 Å². The van der Waals surface area contributed by atoms with Gasteiger partial charge in [-0.2, -0.15) is 0 Å². The van der Waals surface area contributed by atoms with E-state index in [1.807, 2.05) is 19.4 Å². The molecule has 2 aromatic carbocycles. The number of hydrogen-bond donors (Lipinski definition) is 0. The summed E-state index contributed by atoms with van der Waals surface area (Å²) in [6, 6.07) is 16.9. The minimum absolute atomic E-state index is 0.343. The Labute approximate surface area is 189 Å². The van der Waals surface area contributed by atoms with Crippen LogP contribution in [0, 0.1) is 11.8 Å². The molecule has 156 valence electrons. The van der Waals surface area contributed by atoms with Crippen molar-refractivity contribution in [1.82, 2.24) is 0 Å². The van der Waals surface area contributed by atoms with Crippen molar-refractivity contribution in [3.05, 3.63) is 131 Å². The molecule has 0 radical (unpaired) electrons. The second-order valence-corrected chi connectivity index (χ2v) is 12.6. The number of allylic oxidation sites excluding steroid dienone is 14. The van der Waals surface area contributed by atoms with Crippen molar-refractivity contribution in [3.8, 4) is 11.1 Å². The van der Waals surface area contributed by atoms with Crippen LogP contribution in [-0.2, 0) is 4.57 Å².